The van der Waals surface area contributed by atoms with Crippen molar-refractivity contribution >= 4 is 11.9 Å². The summed E-state index contributed by atoms with van der Waals surface area (Å²) in [5, 5.41) is 23.1. The zero-order valence-electron chi connectivity index (χ0n) is 35.7. The van der Waals surface area contributed by atoms with Crippen molar-refractivity contribution in [1.29, 1.82) is 0 Å². The number of carbonyl (C=O) groups is 2. The van der Waals surface area contributed by atoms with Gasteiger partial charge in [0.05, 0.1) is 25.4 Å². The van der Waals surface area contributed by atoms with Gasteiger partial charge >= 0.3 is 5.97 Å². The van der Waals surface area contributed by atoms with E-state index in [-0.39, 0.29) is 18.5 Å². The number of amides is 1. The largest absolute Gasteiger partial charge is 0.466 e. The second-order valence-corrected chi connectivity index (χ2v) is 15.7. The summed E-state index contributed by atoms with van der Waals surface area (Å²) in [7, 11) is 0. The van der Waals surface area contributed by atoms with Crippen LogP contribution in [0.2, 0.25) is 0 Å². The maximum Gasteiger partial charge on any atom is 0.305 e. The fourth-order valence-corrected chi connectivity index (χ4v) is 6.79. The van der Waals surface area contributed by atoms with Gasteiger partial charge in [0.1, 0.15) is 0 Å². The SMILES string of the molecule is CCCC/C=C\CCCCCCCC(=O)OCCCCCCCC/C=C\C/C=C\CCC(=O)NC(CO)C(O)CCCCCCCCCCCCCCC. The van der Waals surface area contributed by atoms with Gasteiger partial charge in [-0.2, -0.15) is 0 Å². The molecule has 3 N–H and O–H groups in total. The van der Waals surface area contributed by atoms with Crippen LogP contribution in [0.5, 0.6) is 0 Å². The number of aliphatic hydroxyl groups is 2. The molecule has 0 radical (unpaired) electrons. The van der Waals surface area contributed by atoms with E-state index in [0.717, 1.165) is 51.4 Å². The normalized spacial score (nSPS) is 13.0. The highest BCUT2D eigenvalue weighted by molar-refractivity contribution is 5.76. The van der Waals surface area contributed by atoms with Crippen molar-refractivity contribution in [3.63, 3.8) is 0 Å². The quantitative estimate of drug-likeness (QED) is 0.0327. The molecule has 0 saturated carbocycles. The molecule has 6 nitrogen and oxygen atoms in total. The highest BCUT2D eigenvalue weighted by atomic mass is 16.5. The summed E-state index contributed by atoms with van der Waals surface area (Å²) in [5.41, 5.74) is 0. The maximum atomic E-state index is 12.4. The molecule has 0 saturated heterocycles. The second kappa shape index (κ2) is 43.8. The number of rotatable bonds is 42. The molecule has 54 heavy (non-hydrogen) atoms. The number of hydrogen-bond donors (Lipinski definition) is 3. The Labute approximate surface area is 334 Å². The number of hydrogen-bond acceptors (Lipinski definition) is 5. The molecule has 0 fully saturated rings. The second-order valence-electron chi connectivity index (χ2n) is 15.7. The average Bonchev–Trinajstić information content (AvgIpc) is 3.17. The highest BCUT2D eigenvalue weighted by Crippen LogP contribution is 2.15. The van der Waals surface area contributed by atoms with Crippen LogP contribution in [0.15, 0.2) is 36.5 Å². The van der Waals surface area contributed by atoms with Gasteiger partial charge in [-0.25, -0.2) is 0 Å². The van der Waals surface area contributed by atoms with Gasteiger partial charge in [0, 0.05) is 12.8 Å². The van der Waals surface area contributed by atoms with Crippen molar-refractivity contribution in [2.45, 2.75) is 244 Å². The zero-order chi connectivity index (χ0) is 39.4. The lowest BCUT2D eigenvalue weighted by Gasteiger charge is -2.22. The number of unbranched alkanes of at least 4 members (excludes halogenated alkanes) is 25. The average molecular weight is 760 g/mol. The van der Waals surface area contributed by atoms with Crippen molar-refractivity contribution in [1.82, 2.24) is 5.32 Å². The van der Waals surface area contributed by atoms with Gasteiger partial charge in [-0.15, -0.1) is 0 Å². The van der Waals surface area contributed by atoms with Gasteiger partial charge in [-0.3, -0.25) is 9.59 Å². The van der Waals surface area contributed by atoms with Crippen LogP contribution in [0.4, 0.5) is 0 Å². The van der Waals surface area contributed by atoms with Crippen LogP contribution in [-0.2, 0) is 14.3 Å². The first kappa shape index (κ1) is 52.1. The van der Waals surface area contributed by atoms with Crippen LogP contribution in [0.1, 0.15) is 232 Å². The van der Waals surface area contributed by atoms with Gasteiger partial charge in [0.2, 0.25) is 5.91 Å². The summed E-state index contributed by atoms with van der Waals surface area (Å²) in [6.07, 6.45) is 51.1. The van der Waals surface area contributed by atoms with E-state index in [1.54, 1.807) is 0 Å². The fraction of sp³-hybridized carbons (Fsp3) is 0.833. The summed E-state index contributed by atoms with van der Waals surface area (Å²) in [6.45, 7) is 4.83. The van der Waals surface area contributed by atoms with Gasteiger partial charge in [-0.05, 0) is 64.2 Å². The number of esters is 1. The minimum Gasteiger partial charge on any atom is -0.466 e. The zero-order valence-corrected chi connectivity index (χ0v) is 35.7. The first-order chi connectivity index (χ1) is 26.5. The molecule has 0 bridgehead atoms. The van der Waals surface area contributed by atoms with Crippen molar-refractivity contribution in [3.05, 3.63) is 36.5 Å². The van der Waals surface area contributed by atoms with Crippen LogP contribution in [-0.4, -0.2) is 47.4 Å². The number of ether oxygens (including phenoxy) is 1. The molecule has 2 atom stereocenters. The Balaban J connectivity index is 3.58. The molecule has 0 aromatic carbocycles. The minimum atomic E-state index is -0.698. The third-order valence-electron chi connectivity index (χ3n) is 10.4. The number of aliphatic hydroxyl groups excluding tert-OH is 2. The van der Waals surface area contributed by atoms with Crippen molar-refractivity contribution in [3.8, 4) is 0 Å². The molecule has 0 aliphatic carbocycles. The molecule has 2 unspecified atom stereocenters. The molecule has 0 aliphatic rings. The molecule has 1 amide bonds. The Hall–Kier alpha value is -1.92. The summed E-state index contributed by atoms with van der Waals surface area (Å²) in [5.74, 6) is -0.147. The van der Waals surface area contributed by atoms with E-state index in [9.17, 15) is 19.8 Å². The van der Waals surface area contributed by atoms with Crippen LogP contribution in [0.3, 0.4) is 0 Å². The van der Waals surface area contributed by atoms with Gasteiger partial charge in [0.15, 0.2) is 0 Å². The molecular formula is C48H89NO5. The lowest BCUT2D eigenvalue weighted by molar-refractivity contribution is -0.143. The predicted octanol–water partition coefficient (Wildman–Crippen LogP) is 13.3. The van der Waals surface area contributed by atoms with E-state index >= 15 is 0 Å². The number of allylic oxidation sites excluding steroid dienone is 6. The summed E-state index contributed by atoms with van der Waals surface area (Å²) >= 11 is 0. The maximum absolute atomic E-state index is 12.4. The van der Waals surface area contributed by atoms with E-state index in [4.69, 9.17) is 4.74 Å². The molecule has 0 aliphatic heterocycles. The molecular weight excluding hydrogens is 671 g/mol. The van der Waals surface area contributed by atoms with Gasteiger partial charge < -0.3 is 20.3 Å². The van der Waals surface area contributed by atoms with E-state index in [1.807, 2.05) is 6.08 Å². The van der Waals surface area contributed by atoms with Gasteiger partial charge in [0.25, 0.3) is 0 Å². The summed E-state index contributed by atoms with van der Waals surface area (Å²) in [6, 6.07) is -0.584. The van der Waals surface area contributed by atoms with Crippen molar-refractivity contribution in [2.75, 3.05) is 13.2 Å². The molecule has 0 aromatic heterocycles. The third kappa shape index (κ3) is 39.8. The van der Waals surface area contributed by atoms with E-state index in [2.05, 4.69) is 49.5 Å². The van der Waals surface area contributed by atoms with Crippen LogP contribution >= 0.6 is 0 Å². The summed E-state index contributed by atoms with van der Waals surface area (Å²) in [4.78, 5) is 24.3. The lowest BCUT2D eigenvalue weighted by Crippen LogP contribution is -2.45. The summed E-state index contributed by atoms with van der Waals surface area (Å²) < 4.78 is 5.42. The third-order valence-corrected chi connectivity index (χ3v) is 10.4. The Morgan fingerprint density at radius 3 is 1.52 bits per heavy atom. The Kier molecular flexibility index (Phi) is 42.2. The molecule has 0 aromatic rings. The van der Waals surface area contributed by atoms with E-state index < -0.39 is 12.1 Å². The molecule has 6 heteroatoms. The van der Waals surface area contributed by atoms with E-state index in [0.29, 0.717) is 32.3 Å². The van der Waals surface area contributed by atoms with Crippen LogP contribution in [0, 0.1) is 0 Å². The fourth-order valence-electron chi connectivity index (χ4n) is 6.79. The van der Waals surface area contributed by atoms with Crippen molar-refractivity contribution < 1.29 is 24.5 Å². The highest BCUT2D eigenvalue weighted by Gasteiger charge is 2.19. The Morgan fingerprint density at radius 2 is 0.963 bits per heavy atom. The topological polar surface area (TPSA) is 95.9 Å². The van der Waals surface area contributed by atoms with Crippen molar-refractivity contribution in [2.24, 2.45) is 0 Å². The van der Waals surface area contributed by atoms with Crippen LogP contribution in [0.25, 0.3) is 0 Å². The molecule has 0 spiro atoms. The van der Waals surface area contributed by atoms with Crippen LogP contribution < -0.4 is 5.32 Å². The smallest absolute Gasteiger partial charge is 0.305 e. The lowest BCUT2D eigenvalue weighted by atomic mass is 10.0. The monoisotopic (exact) mass is 760 g/mol. The standard InChI is InChI=1S/C48H89NO5/c1-3-5-7-9-11-13-15-17-21-24-28-32-36-40-46(51)45(44-50)49-47(52)41-37-33-29-25-22-18-16-19-23-27-31-35-39-43-54-48(53)42-38-34-30-26-20-14-12-10-8-6-4-2/h10,12,18,22,29,33,45-46,50-51H,3-9,11,13-17,19-21,23-28,30-32,34-44H2,1-2H3,(H,49,52)/b12-10-,22-18-,33-29-. The first-order valence-corrected chi connectivity index (χ1v) is 23.2. The predicted molar refractivity (Wildman–Crippen MR) is 232 cm³/mol. The minimum absolute atomic E-state index is 0.0290. The van der Waals surface area contributed by atoms with Gasteiger partial charge in [-0.1, -0.05) is 192 Å². The Morgan fingerprint density at radius 1 is 0.519 bits per heavy atom. The molecule has 0 rings (SSSR count). The number of nitrogens with one attached hydrogen (secondary N) is 1. The Bertz CT molecular complexity index is 884. The number of carbonyl (C=O) groups excluding carboxylic acids is 2. The molecule has 316 valence electrons. The first-order valence-electron chi connectivity index (χ1n) is 23.2. The molecule has 0 heterocycles. The van der Waals surface area contributed by atoms with E-state index in [1.165, 1.54) is 141 Å².